The Morgan fingerprint density at radius 1 is 1.62 bits per heavy atom. The molecule has 0 unspecified atom stereocenters. The summed E-state index contributed by atoms with van der Waals surface area (Å²) in [6.45, 7) is 0.700. The first-order chi connectivity index (χ1) is 3.63. The minimum atomic E-state index is -0.708. The van der Waals surface area contributed by atoms with Crippen molar-refractivity contribution in [1.29, 1.82) is 0 Å². The van der Waals surface area contributed by atoms with Crippen molar-refractivity contribution >= 4 is 31.2 Å². The van der Waals surface area contributed by atoms with Gasteiger partial charge in [0.2, 0.25) is 5.91 Å². The molecule has 0 atom stereocenters. The van der Waals surface area contributed by atoms with Gasteiger partial charge in [-0.2, -0.15) is 25.3 Å². The molecule has 46 valence electrons. The van der Waals surface area contributed by atoms with Gasteiger partial charge in [0.1, 0.15) is 4.08 Å². The maximum atomic E-state index is 10.6. The van der Waals surface area contributed by atoms with E-state index in [1.807, 2.05) is 0 Å². The van der Waals surface area contributed by atoms with Crippen LogP contribution in [0.4, 0.5) is 0 Å². The molecule has 4 heteroatoms. The molecule has 2 nitrogen and oxygen atoms in total. The lowest BCUT2D eigenvalue weighted by Crippen LogP contribution is -2.26. The van der Waals surface area contributed by atoms with Crippen LogP contribution in [0.2, 0.25) is 0 Å². The summed E-state index contributed by atoms with van der Waals surface area (Å²) in [4.78, 5) is 10.6. The van der Waals surface area contributed by atoms with Crippen molar-refractivity contribution in [2.75, 3.05) is 6.54 Å². The van der Waals surface area contributed by atoms with Gasteiger partial charge in [0.05, 0.1) is 0 Å². The van der Waals surface area contributed by atoms with Gasteiger partial charge in [0.25, 0.3) is 0 Å². The van der Waals surface area contributed by atoms with Crippen LogP contribution in [0, 0.1) is 0 Å². The molecule has 0 aliphatic carbocycles. The third kappa shape index (κ3) is 0.951. The fraction of sp³-hybridized carbons (Fsp3) is 0.750. The number of carbonyl (C=O) groups excluding carboxylic acids is 1. The monoisotopic (exact) mass is 149 g/mol. The van der Waals surface area contributed by atoms with E-state index in [0.29, 0.717) is 13.0 Å². The van der Waals surface area contributed by atoms with Crippen LogP contribution in [0.25, 0.3) is 0 Å². The average molecular weight is 149 g/mol. The molecule has 0 spiro atoms. The van der Waals surface area contributed by atoms with E-state index in [1.165, 1.54) is 0 Å². The fourth-order valence-electron chi connectivity index (χ4n) is 0.605. The Hall–Kier alpha value is 0.170. The highest BCUT2D eigenvalue weighted by molar-refractivity contribution is 8.02. The summed E-state index contributed by atoms with van der Waals surface area (Å²) in [5, 5.41) is 2.62. The molecule has 0 saturated carbocycles. The summed E-state index contributed by atoms with van der Waals surface area (Å²) >= 11 is 7.99. The number of thiol groups is 2. The van der Waals surface area contributed by atoms with Crippen LogP contribution in [0.15, 0.2) is 0 Å². The highest BCUT2D eigenvalue weighted by atomic mass is 32.2. The Labute approximate surface area is 58.8 Å². The normalized spacial score (nSPS) is 25.5. The molecule has 0 aromatic rings. The van der Waals surface area contributed by atoms with Crippen LogP contribution >= 0.6 is 25.3 Å². The topological polar surface area (TPSA) is 29.1 Å². The van der Waals surface area contributed by atoms with Gasteiger partial charge in [-0.15, -0.1) is 0 Å². The van der Waals surface area contributed by atoms with Gasteiger partial charge >= 0.3 is 0 Å². The van der Waals surface area contributed by atoms with Gasteiger partial charge in [-0.05, 0) is 6.42 Å². The Kier molecular flexibility index (Phi) is 1.45. The van der Waals surface area contributed by atoms with Crippen molar-refractivity contribution in [1.82, 2.24) is 5.32 Å². The number of rotatable bonds is 0. The van der Waals surface area contributed by atoms with Gasteiger partial charge in [0, 0.05) is 6.54 Å². The molecular formula is C4H7NOS2. The number of amides is 1. The van der Waals surface area contributed by atoms with E-state index in [0.717, 1.165) is 0 Å². The number of hydrogen-bond donors (Lipinski definition) is 3. The predicted molar refractivity (Wildman–Crippen MR) is 38.3 cm³/mol. The Morgan fingerprint density at radius 3 is 2.38 bits per heavy atom. The maximum Gasteiger partial charge on any atom is 0.245 e. The second-order valence-corrected chi connectivity index (χ2v) is 3.70. The molecule has 0 radical (unpaired) electrons. The van der Waals surface area contributed by atoms with Crippen LogP contribution in [0.3, 0.4) is 0 Å². The van der Waals surface area contributed by atoms with Crippen molar-refractivity contribution in [3.05, 3.63) is 0 Å². The third-order valence-corrected chi connectivity index (χ3v) is 1.98. The van der Waals surface area contributed by atoms with Gasteiger partial charge < -0.3 is 5.32 Å². The standard InChI is InChI=1S/C4H7NOS2/c6-3-4(7,8)1-2-5-3/h7-8H,1-2H2,(H,5,6). The van der Waals surface area contributed by atoms with Crippen LogP contribution in [-0.2, 0) is 4.79 Å². The molecule has 1 amide bonds. The van der Waals surface area contributed by atoms with Crippen LogP contribution < -0.4 is 5.32 Å². The van der Waals surface area contributed by atoms with Crippen molar-refractivity contribution in [2.45, 2.75) is 10.5 Å². The molecule has 8 heavy (non-hydrogen) atoms. The lowest BCUT2D eigenvalue weighted by atomic mass is 10.3. The molecule has 0 bridgehead atoms. The lowest BCUT2D eigenvalue weighted by molar-refractivity contribution is -0.119. The highest BCUT2D eigenvalue weighted by Gasteiger charge is 2.34. The van der Waals surface area contributed by atoms with Crippen molar-refractivity contribution < 1.29 is 4.79 Å². The molecule has 1 fully saturated rings. The van der Waals surface area contributed by atoms with Crippen LogP contribution in [-0.4, -0.2) is 16.5 Å². The summed E-state index contributed by atoms with van der Waals surface area (Å²) in [5.41, 5.74) is 0. The van der Waals surface area contributed by atoms with Gasteiger partial charge in [-0.3, -0.25) is 4.79 Å². The van der Waals surface area contributed by atoms with Crippen LogP contribution in [0.5, 0.6) is 0 Å². The van der Waals surface area contributed by atoms with E-state index in [1.54, 1.807) is 0 Å². The molecule has 0 aromatic heterocycles. The molecule has 0 aromatic carbocycles. The van der Waals surface area contributed by atoms with Gasteiger partial charge in [0.15, 0.2) is 0 Å². The first-order valence-corrected chi connectivity index (χ1v) is 3.25. The largest absolute Gasteiger partial charge is 0.354 e. The Morgan fingerprint density at radius 2 is 2.25 bits per heavy atom. The summed E-state index contributed by atoms with van der Waals surface area (Å²) in [5.74, 6) is -0.0795. The first-order valence-electron chi connectivity index (χ1n) is 2.36. The van der Waals surface area contributed by atoms with E-state index in [9.17, 15) is 4.79 Å². The molecule has 1 aliphatic rings. The zero-order chi connectivity index (χ0) is 6.20. The summed E-state index contributed by atoms with van der Waals surface area (Å²) in [6, 6.07) is 0. The van der Waals surface area contributed by atoms with Crippen molar-refractivity contribution in [3.8, 4) is 0 Å². The van der Waals surface area contributed by atoms with Crippen molar-refractivity contribution in [3.63, 3.8) is 0 Å². The smallest absolute Gasteiger partial charge is 0.245 e. The van der Waals surface area contributed by atoms with Crippen molar-refractivity contribution in [2.24, 2.45) is 0 Å². The molecule has 1 saturated heterocycles. The minimum absolute atomic E-state index is 0.0795. The second kappa shape index (κ2) is 1.84. The van der Waals surface area contributed by atoms with E-state index in [2.05, 4.69) is 30.6 Å². The summed E-state index contributed by atoms with van der Waals surface area (Å²) in [7, 11) is 0. The van der Waals surface area contributed by atoms with E-state index in [4.69, 9.17) is 0 Å². The summed E-state index contributed by atoms with van der Waals surface area (Å²) < 4.78 is -0.708. The highest BCUT2D eigenvalue weighted by Crippen LogP contribution is 2.27. The predicted octanol–water partition coefficient (Wildman–Crippen LogP) is 0.0622. The minimum Gasteiger partial charge on any atom is -0.354 e. The first kappa shape index (κ1) is 6.29. The zero-order valence-electron chi connectivity index (χ0n) is 4.22. The molecule has 1 heterocycles. The van der Waals surface area contributed by atoms with E-state index < -0.39 is 4.08 Å². The molecule has 1 rings (SSSR count). The number of hydrogen-bond acceptors (Lipinski definition) is 3. The van der Waals surface area contributed by atoms with Gasteiger partial charge in [-0.25, -0.2) is 0 Å². The average Bonchev–Trinajstić information content (AvgIpc) is 1.86. The Bertz CT molecular complexity index is 123. The van der Waals surface area contributed by atoms with E-state index >= 15 is 0 Å². The lowest BCUT2D eigenvalue weighted by Gasteiger charge is -2.08. The number of nitrogens with one attached hydrogen (secondary N) is 1. The second-order valence-electron chi connectivity index (χ2n) is 1.82. The fourth-order valence-corrected chi connectivity index (χ4v) is 0.987. The molecule has 1 N–H and O–H groups in total. The van der Waals surface area contributed by atoms with Crippen LogP contribution in [0.1, 0.15) is 6.42 Å². The van der Waals surface area contributed by atoms with E-state index in [-0.39, 0.29) is 5.91 Å². The molecular weight excluding hydrogens is 142 g/mol. The SMILES string of the molecule is O=C1NCCC1(S)S. The summed E-state index contributed by atoms with van der Waals surface area (Å²) in [6.07, 6.45) is 0.706. The zero-order valence-corrected chi connectivity index (χ0v) is 6.01. The third-order valence-electron chi connectivity index (χ3n) is 1.12. The van der Waals surface area contributed by atoms with Gasteiger partial charge in [-0.1, -0.05) is 0 Å². The number of carbonyl (C=O) groups is 1. The quantitative estimate of drug-likeness (QED) is 0.330. The Balaban J connectivity index is 2.68. The maximum absolute atomic E-state index is 10.6. The molecule has 1 aliphatic heterocycles.